The van der Waals surface area contributed by atoms with Crippen molar-refractivity contribution >= 4 is 11.7 Å². The maximum Gasteiger partial charge on any atom is 0.306 e. The summed E-state index contributed by atoms with van der Waals surface area (Å²) in [6.07, 6.45) is -0.549. The van der Waals surface area contributed by atoms with Crippen molar-refractivity contribution in [2.45, 2.75) is 38.2 Å². The Labute approximate surface area is 178 Å². The Morgan fingerprint density at radius 3 is 2.68 bits per heavy atom. The fourth-order valence-corrected chi connectivity index (χ4v) is 3.46. The molecule has 1 aliphatic rings. The van der Waals surface area contributed by atoms with E-state index in [1.807, 2.05) is 31.2 Å². The SMILES string of the molecule is COC(=O)C[C@@H](C)c1ccc(OC2CCN(c3ccnc(OCC(F)F)c3F)C2)cc1. The zero-order valence-corrected chi connectivity index (χ0v) is 17.4. The molecule has 0 aliphatic carbocycles. The zero-order chi connectivity index (χ0) is 22.4. The minimum atomic E-state index is -2.70. The van der Waals surface area contributed by atoms with Crippen LogP contribution in [0.2, 0.25) is 0 Å². The molecule has 6 nitrogen and oxygen atoms in total. The highest BCUT2D eigenvalue weighted by Gasteiger charge is 2.27. The number of rotatable bonds is 9. The molecule has 0 saturated carbocycles. The molecule has 3 rings (SSSR count). The standard InChI is InChI=1S/C22H25F3N2O4/c1-14(11-20(28)29-2)15-3-5-16(6-4-15)31-17-8-10-27(12-17)18-7-9-26-22(21(18)25)30-13-19(23)24/h3-7,9,14,17,19H,8,10-13H2,1-2H3/t14-,17?/m1/s1. The first kappa shape index (κ1) is 22.7. The van der Waals surface area contributed by atoms with Gasteiger partial charge in [-0.05, 0) is 29.7 Å². The molecule has 2 aromatic rings. The third kappa shape index (κ3) is 6.02. The van der Waals surface area contributed by atoms with E-state index in [0.717, 1.165) is 5.56 Å². The van der Waals surface area contributed by atoms with Gasteiger partial charge < -0.3 is 19.1 Å². The fourth-order valence-electron chi connectivity index (χ4n) is 3.46. The van der Waals surface area contributed by atoms with Crippen molar-refractivity contribution in [1.29, 1.82) is 0 Å². The van der Waals surface area contributed by atoms with Crippen molar-refractivity contribution in [3.63, 3.8) is 0 Å². The Morgan fingerprint density at radius 2 is 2.00 bits per heavy atom. The Morgan fingerprint density at radius 1 is 1.26 bits per heavy atom. The van der Waals surface area contributed by atoms with Crippen LogP contribution in [-0.4, -0.2) is 50.3 Å². The molecular formula is C22H25F3N2O4. The van der Waals surface area contributed by atoms with Crippen LogP contribution in [0.15, 0.2) is 36.5 Å². The molecular weight excluding hydrogens is 413 g/mol. The lowest BCUT2D eigenvalue weighted by Crippen LogP contribution is -2.25. The lowest BCUT2D eigenvalue weighted by atomic mass is 9.98. The van der Waals surface area contributed by atoms with E-state index in [0.29, 0.717) is 31.7 Å². The van der Waals surface area contributed by atoms with Gasteiger partial charge in [0.15, 0.2) is 6.61 Å². The summed E-state index contributed by atoms with van der Waals surface area (Å²) < 4.78 is 54.7. The monoisotopic (exact) mass is 438 g/mol. The summed E-state index contributed by atoms with van der Waals surface area (Å²) in [5.41, 5.74) is 1.25. The number of benzene rings is 1. The minimum absolute atomic E-state index is 0.0274. The Kier molecular flexibility index (Phi) is 7.59. The van der Waals surface area contributed by atoms with E-state index in [1.165, 1.54) is 19.4 Å². The molecule has 1 aromatic carbocycles. The number of alkyl halides is 2. The summed E-state index contributed by atoms with van der Waals surface area (Å²) in [5.74, 6) is -0.742. The minimum Gasteiger partial charge on any atom is -0.489 e. The molecule has 1 aliphatic heterocycles. The number of methoxy groups -OCH3 is 1. The number of carbonyl (C=O) groups is 1. The maximum atomic E-state index is 14.6. The predicted molar refractivity (Wildman–Crippen MR) is 108 cm³/mol. The number of ether oxygens (including phenoxy) is 3. The van der Waals surface area contributed by atoms with Crippen molar-refractivity contribution in [1.82, 2.24) is 4.98 Å². The summed E-state index contributed by atoms with van der Waals surface area (Å²) >= 11 is 0. The van der Waals surface area contributed by atoms with Gasteiger partial charge in [0.05, 0.1) is 25.8 Å². The molecule has 1 fully saturated rings. The van der Waals surface area contributed by atoms with Gasteiger partial charge >= 0.3 is 5.97 Å². The van der Waals surface area contributed by atoms with Crippen LogP contribution >= 0.6 is 0 Å². The van der Waals surface area contributed by atoms with Gasteiger partial charge in [-0.1, -0.05) is 19.1 Å². The molecule has 1 aromatic heterocycles. The van der Waals surface area contributed by atoms with Gasteiger partial charge in [-0.25, -0.2) is 13.8 Å². The molecule has 31 heavy (non-hydrogen) atoms. The van der Waals surface area contributed by atoms with Crippen LogP contribution in [0.5, 0.6) is 11.6 Å². The molecule has 0 bridgehead atoms. The van der Waals surface area contributed by atoms with Crippen molar-refractivity contribution in [3.05, 3.63) is 47.9 Å². The predicted octanol–water partition coefficient (Wildman–Crippen LogP) is 4.19. The first-order valence-corrected chi connectivity index (χ1v) is 10.0. The Hall–Kier alpha value is -2.97. The van der Waals surface area contributed by atoms with Gasteiger partial charge in [0.1, 0.15) is 11.9 Å². The largest absolute Gasteiger partial charge is 0.489 e. The molecule has 0 amide bonds. The van der Waals surface area contributed by atoms with Crippen molar-refractivity contribution in [2.75, 3.05) is 31.7 Å². The number of pyridine rings is 1. The van der Waals surface area contributed by atoms with Gasteiger partial charge in [-0.15, -0.1) is 0 Å². The fraction of sp³-hybridized carbons (Fsp3) is 0.455. The Balaban J connectivity index is 1.58. The third-order valence-corrected chi connectivity index (χ3v) is 5.12. The highest BCUT2D eigenvalue weighted by atomic mass is 19.3. The number of hydrogen-bond donors (Lipinski definition) is 0. The first-order chi connectivity index (χ1) is 14.9. The van der Waals surface area contributed by atoms with Crippen LogP contribution in [-0.2, 0) is 9.53 Å². The lowest BCUT2D eigenvalue weighted by Gasteiger charge is -2.20. The summed E-state index contributed by atoms with van der Waals surface area (Å²) in [6.45, 7) is 2.03. The topological polar surface area (TPSA) is 60.9 Å². The van der Waals surface area contributed by atoms with E-state index in [1.54, 1.807) is 4.90 Å². The first-order valence-electron chi connectivity index (χ1n) is 10.0. The number of halogens is 3. The molecule has 0 spiro atoms. The number of carbonyl (C=O) groups excluding carboxylic acids is 1. The van der Waals surface area contributed by atoms with Gasteiger partial charge in [0, 0.05) is 19.2 Å². The van der Waals surface area contributed by atoms with Crippen LogP contribution in [0.1, 0.15) is 31.2 Å². The number of aromatic nitrogens is 1. The van der Waals surface area contributed by atoms with Crippen LogP contribution in [0, 0.1) is 5.82 Å². The maximum absolute atomic E-state index is 14.6. The molecule has 2 heterocycles. The van der Waals surface area contributed by atoms with Crippen LogP contribution in [0.4, 0.5) is 18.9 Å². The van der Waals surface area contributed by atoms with Crippen molar-refractivity contribution in [2.24, 2.45) is 0 Å². The summed E-state index contributed by atoms with van der Waals surface area (Å²) in [7, 11) is 1.37. The van der Waals surface area contributed by atoms with E-state index in [2.05, 4.69) is 4.98 Å². The van der Waals surface area contributed by atoms with E-state index < -0.39 is 24.7 Å². The number of anilines is 1. The van der Waals surface area contributed by atoms with Gasteiger partial charge in [-0.3, -0.25) is 4.79 Å². The molecule has 0 N–H and O–H groups in total. The third-order valence-electron chi connectivity index (χ3n) is 5.12. The average molecular weight is 438 g/mol. The number of nitrogens with zero attached hydrogens (tertiary/aromatic N) is 2. The molecule has 0 radical (unpaired) electrons. The molecule has 1 saturated heterocycles. The molecule has 1 unspecified atom stereocenters. The second kappa shape index (κ2) is 10.4. The summed E-state index contributed by atoms with van der Waals surface area (Å²) in [4.78, 5) is 16.9. The molecule has 9 heteroatoms. The average Bonchev–Trinajstić information content (AvgIpc) is 3.21. The van der Waals surface area contributed by atoms with E-state index in [9.17, 15) is 18.0 Å². The van der Waals surface area contributed by atoms with Crippen LogP contribution in [0.25, 0.3) is 0 Å². The molecule has 2 atom stereocenters. The van der Waals surface area contributed by atoms with E-state index >= 15 is 0 Å². The smallest absolute Gasteiger partial charge is 0.306 e. The normalized spacial score (nSPS) is 17.0. The zero-order valence-electron chi connectivity index (χ0n) is 17.4. The highest BCUT2D eigenvalue weighted by Crippen LogP contribution is 2.30. The summed E-state index contributed by atoms with van der Waals surface area (Å²) in [6, 6.07) is 8.99. The number of esters is 1. The van der Waals surface area contributed by atoms with Crippen molar-refractivity contribution < 1.29 is 32.2 Å². The highest BCUT2D eigenvalue weighted by molar-refractivity contribution is 5.70. The lowest BCUT2D eigenvalue weighted by molar-refractivity contribution is -0.140. The summed E-state index contributed by atoms with van der Waals surface area (Å²) in [5, 5.41) is 0. The molecule has 168 valence electrons. The number of hydrogen-bond acceptors (Lipinski definition) is 6. The van der Waals surface area contributed by atoms with E-state index in [4.69, 9.17) is 14.2 Å². The second-order valence-corrected chi connectivity index (χ2v) is 7.38. The quantitative estimate of drug-likeness (QED) is 0.548. The van der Waals surface area contributed by atoms with Crippen LogP contribution in [0.3, 0.4) is 0 Å². The Bertz CT molecular complexity index is 880. The van der Waals surface area contributed by atoms with Crippen molar-refractivity contribution in [3.8, 4) is 11.6 Å². The second-order valence-electron chi connectivity index (χ2n) is 7.38. The van der Waals surface area contributed by atoms with Gasteiger partial charge in [0.25, 0.3) is 12.3 Å². The van der Waals surface area contributed by atoms with Crippen LogP contribution < -0.4 is 14.4 Å². The van der Waals surface area contributed by atoms with Gasteiger partial charge in [0.2, 0.25) is 5.82 Å². The van der Waals surface area contributed by atoms with Gasteiger partial charge in [-0.2, -0.15) is 4.39 Å². The van der Waals surface area contributed by atoms with E-state index in [-0.39, 0.29) is 23.7 Å².